The molecule has 2 saturated heterocycles. The van der Waals surface area contributed by atoms with Crippen molar-refractivity contribution < 1.29 is 18.7 Å². The normalized spacial score (nSPS) is 18.7. The number of urea groups is 1. The first-order chi connectivity index (χ1) is 17.0. The van der Waals surface area contributed by atoms with E-state index in [1.165, 1.54) is 12.1 Å². The molecule has 3 aromatic carbocycles. The summed E-state index contributed by atoms with van der Waals surface area (Å²) in [6, 6.07) is 25.6. The summed E-state index contributed by atoms with van der Waals surface area (Å²) in [5, 5.41) is 2.93. The van der Waals surface area contributed by atoms with Crippen molar-refractivity contribution in [2.75, 3.05) is 19.6 Å². The number of hydrogen-bond donors (Lipinski definition) is 1. The fraction of sp³-hybridized carbons (Fsp3) is 0.286. The number of carbonyl (C=O) groups is 2. The number of hydrogen-bond acceptors (Lipinski definition) is 3. The summed E-state index contributed by atoms with van der Waals surface area (Å²) in [6.07, 6.45) is 0.787. The van der Waals surface area contributed by atoms with Gasteiger partial charge in [-0.2, -0.15) is 0 Å². The van der Waals surface area contributed by atoms with Crippen LogP contribution in [0.2, 0.25) is 0 Å². The molecule has 180 valence electrons. The Kier molecular flexibility index (Phi) is 6.40. The largest absolute Gasteiger partial charge is 0.440 e. The van der Waals surface area contributed by atoms with Gasteiger partial charge in [0.25, 0.3) is 0 Å². The van der Waals surface area contributed by atoms with E-state index in [2.05, 4.69) is 5.32 Å². The number of benzene rings is 3. The predicted octanol–water partition coefficient (Wildman–Crippen LogP) is 4.40. The lowest BCUT2D eigenvalue weighted by atomic mass is 9.81. The Hall–Kier alpha value is -3.87. The van der Waals surface area contributed by atoms with Crippen LogP contribution in [0, 0.1) is 5.82 Å². The molecule has 0 spiro atoms. The molecule has 5 rings (SSSR count). The number of amides is 3. The van der Waals surface area contributed by atoms with Crippen molar-refractivity contribution in [1.29, 1.82) is 0 Å². The van der Waals surface area contributed by atoms with Crippen LogP contribution in [-0.2, 0) is 24.1 Å². The van der Waals surface area contributed by atoms with Gasteiger partial charge in [-0.25, -0.2) is 14.0 Å². The topological polar surface area (TPSA) is 61.9 Å². The number of fused-ring (bicyclic) bond motifs is 1. The minimum Gasteiger partial charge on any atom is -0.440 e. The van der Waals surface area contributed by atoms with E-state index in [0.29, 0.717) is 39.0 Å². The van der Waals surface area contributed by atoms with Crippen molar-refractivity contribution in [3.05, 3.63) is 107 Å². The highest BCUT2D eigenvalue weighted by atomic mass is 19.1. The number of cyclic esters (lactones) is 1. The molecule has 2 heterocycles. The van der Waals surface area contributed by atoms with Crippen molar-refractivity contribution in [3.8, 4) is 0 Å². The van der Waals surface area contributed by atoms with Gasteiger partial charge in [-0.05, 0) is 28.8 Å². The second-order valence-electron chi connectivity index (χ2n) is 9.20. The third-order valence-corrected chi connectivity index (χ3v) is 6.85. The molecule has 2 aliphatic heterocycles. The molecule has 1 unspecified atom stereocenters. The molecule has 1 N–H and O–H groups in total. The van der Waals surface area contributed by atoms with Crippen molar-refractivity contribution in [2.45, 2.75) is 31.0 Å². The van der Waals surface area contributed by atoms with E-state index in [1.54, 1.807) is 21.9 Å². The monoisotopic (exact) mass is 473 g/mol. The summed E-state index contributed by atoms with van der Waals surface area (Å²) in [7, 11) is 0. The summed E-state index contributed by atoms with van der Waals surface area (Å²) in [5.41, 5.74) is 2.18. The van der Waals surface area contributed by atoms with Gasteiger partial charge >= 0.3 is 12.1 Å². The first-order valence-electron chi connectivity index (χ1n) is 11.9. The first kappa shape index (κ1) is 22.9. The molecule has 0 bridgehead atoms. The Morgan fingerprint density at radius 3 is 2.09 bits per heavy atom. The molecule has 0 radical (unpaired) electrons. The van der Waals surface area contributed by atoms with Crippen LogP contribution in [0.4, 0.5) is 14.0 Å². The molecule has 1 atom stereocenters. The summed E-state index contributed by atoms with van der Waals surface area (Å²) in [5.74, 6) is -0.310. The van der Waals surface area contributed by atoms with Gasteiger partial charge in [0.05, 0.1) is 6.04 Å². The Labute approximate surface area is 204 Å². The van der Waals surface area contributed by atoms with Gasteiger partial charge in [0.15, 0.2) is 0 Å². The predicted molar refractivity (Wildman–Crippen MR) is 130 cm³/mol. The van der Waals surface area contributed by atoms with E-state index in [-0.39, 0.29) is 24.0 Å². The van der Waals surface area contributed by atoms with Crippen LogP contribution in [0.15, 0.2) is 84.9 Å². The standard InChI is InChI=1S/C28H28FN3O3/c29-24-13-11-23(12-14-24)19-30-26(33)31-15-16-32-25(20-31)28(35-27(32)34,17-21-7-3-1-4-8-21)18-22-9-5-2-6-10-22/h1-14,25H,15-20H2,(H,30,33). The second-order valence-corrected chi connectivity index (χ2v) is 9.20. The van der Waals surface area contributed by atoms with Gasteiger partial charge in [-0.1, -0.05) is 72.8 Å². The Balaban J connectivity index is 1.37. The third kappa shape index (κ3) is 4.99. The third-order valence-electron chi connectivity index (χ3n) is 6.85. The fourth-order valence-electron chi connectivity index (χ4n) is 5.08. The second kappa shape index (κ2) is 9.78. The van der Waals surface area contributed by atoms with Gasteiger partial charge in [0, 0.05) is 39.0 Å². The molecule has 6 nitrogen and oxygen atoms in total. The molecule has 3 aromatic rings. The number of ether oxygens (including phenoxy) is 1. The Morgan fingerprint density at radius 2 is 1.49 bits per heavy atom. The zero-order valence-corrected chi connectivity index (χ0v) is 19.4. The Bertz CT molecular complexity index is 1130. The number of nitrogens with zero attached hydrogens (tertiary/aromatic N) is 2. The number of rotatable bonds is 6. The van der Waals surface area contributed by atoms with Crippen LogP contribution in [0.1, 0.15) is 16.7 Å². The maximum absolute atomic E-state index is 13.2. The lowest BCUT2D eigenvalue weighted by Crippen LogP contribution is -2.61. The highest BCUT2D eigenvalue weighted by Gasteiger charge is 2.56. The zero-order chi connectivity index (χ0) is 24.3. The quantitative estimate of drug-likeness (QED) is 0.578. The van der Waals surface area contributed by atoms with Crippen LogP contribution < -0.4 is 5.32 Å². The zero-order valence-electron chi connectivity index (χ0n) is 19.4. The number of piperazine rings is 1. The van der Waals surface area contributed by atoms with Crippen LogP contribution in [-0.4, -0.2) is 53.2 Å². The van der Waals surface area contributed by atoms with Crippen LogP contribution >= 0.6 is 0 Å². The summed E-state index contributed by atoms with van der Waals surface area (Å²) >= 11 is 0. The summed E-state index contributed by atoms with van der Waals surface area (Å²) in [6.45, 7) is 1.52. The van der Waals surface area contributed by atoms with Crippen molar-refractivity contribution in [3.63, 3.8) is 0 Å². The molecule has 0 saturated carbocycles. The molecule has 0 aromatic heterocycles. The minimum atomic E-state index is -0.796. The molecule has 7 heteroatoms. The molecule has 3 amide bonds. The lowest BCUT2D eigenvalue weighted by Gasteiger charge is -2.42. The smallest absolute Gasteiger partial charge is 0.410 e. The number of nitrogens with one attached hydrogen (secondary N) is 1. The highest BCUT2D eigenvalue weighted by Crippen LogP contribution is 2.38. The van der Waals surface area contributed by atoms with Crippen molar-refractivity contribution in [1.82, 2.24) is 15.1 Å². The van der Waals surface area contributed by atoms with E-state index >= 15 is 0 Å². The van der Waals surface area contributed by atoms with E-state index in [1.807, 2.05) is 60.7 Å². The highest BCUT2D eigenvalue weighted by molar-refractivity contribution is 5.76. The molecule has 35 heavy (non-hydrogen) atoms. The van der Waals surface area contributed by atoms with Crippen LogP contribution in [0.5, 0.6) is 0 Å². The van der Waals surface area contributed by atoms with Crippen LogP contribution in [0.3, 0.4) is 0 Å². The number of halogens is 1. The fourth-order valence-corrected chi connectivity index (χ4v) is 5.08. The van der Waals surface area contributed by atoms with Crippen molar-refractivity contribution in [2.24, 2.45) is 0 Å². The summed E-state index contributed by atoms with van der Waals surface area (Å²) < 4.78 is 19.3. The number of carbonyl (C=O) groups excluding carboxylic acids is 2. The average Bonchev–Trinajstić information content (AvgIpc) is 3.15. The van der Waals surface area contributed by atoms with Crippen molar-refractivity contribution >= 4 is 12.1 Å². The average molecular weight is 474 g/mol. The molecule has 2 aliphatic rings. The Morgan fingerprint density at radius 1 is 0.886 bits per heavy atom. The molecular formula is C28H28FN3O3. The summed E-state index contributed by atoms with van der Waals surface area (Å²) in [4.78, 5) is 29.5. The lowest BCUT2D eigenvalue weighted by molar-refractivity contribution is 0.0202. The van der Waals surface area contributed by atoms with Gasteiger partial charge < -0.3 is 15.0 Å². The van der Waals surface area contributed by atoms with Gasteiger partial charge in [0.2, 0.25) is 0 Å². The maximum atomic E-state index is 13.2. The van der Waals surface area contributed by atoms with Gasteiger partial charge in [-0.3, -0.25) is 4.90 Å². The van der Waals surface area contributed by atoms with Gasteiger partial charge in [-0.15, -0.1) is 0 Å². The molecular weight excluding hydrogens is 445 g/mol. The van der Waals surface area contributed by atoms with E-state index in [0.717, 1.165) is 16.7 Å². The van der Waals surface area contributed by atoms with Gasteiger partial charge in [0.1, 0.15) is 11.4 Å². The molecule has 2 fully saturated rings. The van der Waals surface area contributed by atoms with E-state index in [9.17, 15) is 14.0 Å². The maximum Gasteiger partial charge on any atom is 0.410 e. The molecule has 0 aliphatic carbocycles. The first-order valence-corrected chi connectivity index (χ1v) is 11.9. The van der Waals surface area contributed by atoms with E-state index in [4.69, 9.17) is 4.74 Å². The van der Waals surface area contributed by atoms with Crippen LogP contribution in [0.25, 0.3) is 0 Å². The SMILES string of the molecule is O=C(NCc1ccc(F)cc1)N1CCN2C(=O)OC(Cc3ccccc3)(Cc3ccccc3)C2C1. The minimum absolute atomic E-state index is 0.207. The van der Waals surface area contributed by atoms with E-state index < -0.39 is 5.60 Å².